The number of pyridine rings is 1. The zero-order chi connectivity index (χ0) is 11.5. The van der Waals surface area contributed by atoms with E-state index in [1.54, 1.807) is 24.5 Å². The minimum atomic E-state index is 0.576. The SMILES string of the molecule is Clc1ccc(Nc2cncc(Br)c2)c(Cl)c1. The molecular formula is C11H7BrCl2N2. The van der Waals surface area contributed by atoms with E-state index in [9.17, 15) is 0 Å². The van der Waals surface area contributed by atoms with Crippen LogP contribution in [0.3, 0.4) is 0 Å². The molecule has 0 spiro atoms. The summed E-state index contributed by atoms with van der Waals surface area (Å²) in [5.41, 5.74) is 1.66. The fraction of sp³-hybridized carbons (Fsp3) is 0. The summed E-state index contributed by atoms with van der Waals surface area (Å²) in [7, 11) is 0. The van der Waals surface area contributed by atoms with Gasteiger partial charge in [0, 0.05) is 15.7 Å². The van der Waals surface area contributed by atoms with Gasteiger partial charge in [0.15, 0.2) is 0 Å². The van der Waals surface area contributed by atoms with E-state index in [0.29, 0.717) is 10.0 Å². The maximum absolute atomic E-state index is 6.04. The molecule has 2 aromatic rings. The highest BCUT2D eigenvalue weighted by atomic mass is 79.9. The molecule has 5 heteroatoms. The Kier molecular flexibility index (Phi) is 3.69. The standard InChI is InChI=1S/C11H7BrCl2N2/c12-7-3-9(6-15-5-7)16-11-2-1-8(13)4-10(11)14/h1-6,16H. The van der Waals surface area contributed by atoms with Gasteiger partial charge in [-0.05, 0) is 40.2 Å². The van der Waals surface area contributed by atoms with Crippen molar-refractivity contribution < 1.29 is 0 Å². The molecule has 0 aliphatic rings. The third-order valence-corrected chi connectivity index (χ3v) is 2.90. The van der Waals surface area contributed by atoms with E-state index in [0.717, 1.165) is 15.8 Å². The smallest absolute Gasteiger partial charge is 0.0655 e. The van der Waals surface area contributed by atoms with Gasteiger partial charge in [0.2, 0.25) is 0 Å². The first kappa shape index (κ1) is 11.7. The number of halogens is 3. The minimum Gasteiger partial charge on any atom is -0.353 e. The Morgan fingerprint density at radius 1 is 1.12 bits per heavy atom. The summed E-state index contributed by atoms with van der Waals surface area (Å²) in [6, 6.07) is 7.21. The summed E-state index contributed by atoms with van der Waals surface area (Å²) < 4.78 is 0.905. The van der Waals surface area contributed by atoms with Gasteiger partial charge in [0.05, 0.1) is 22.6 Å². The average molecular weight is 318 g/mol. The normalized spacial score (nSPS) is 10.2. The summed E-state index contributed by atoms with van der Waals surface area (Å²) in [4.78, 5) is 4.05. The van der Waals surface area contributed by atoms with Crippen LogP contribution in [0.5, 0.6) is 0 Å². The van der Waals surface area contributed by atoms with Crippen molar-refractivity contribution in [2.45, 2.75) is 0 Å². The second kappa shape index (κ2) is 5.04. The lowest BCUT2D eigenvalue weighted by molar-refractivity contribution is 1.30. The maximum atomic E-state index is 6.04. The average Bonchev–Trinajstić information content (AvgIpc) is 2.22. The molecule has 1 heterocycles. The fourth-order valence-electron chi connectivity index (χ4n) is 1.23. The largest absolute Gasteiger partial charge is 0.353 e. The van der Waals surface area contributed by atoms with Crippen molar-refractivity contribution in [3.05, 3.63) is 51.2 Å². The van der Waals surface area contributed by atoms with Gasteiger partial charge in [-0.3, -0.25) is 4.98 Å². The molecule has 1 N–H and O–H groups in total. The van der Waals surface area contributed by atoms with Crippen LogP contribution in [0.25, 0.3) is 0 Å². The van der Waals surface area contributed by atoms with E-state index < -0.39 is 0 Å². The molecule has 2 nitrogen and oxygen atoms in total. The lowest BCUT2D eigenvalue weighted by Crippen LogP contribution is -1.91. The maximum Gasteiger partial charge on any atom is 0.0655 e. The van der Waals surface area contributed by atoms with Crippen LogP contribution >= 0.6 is 39.1 Å². The lowest BCUT2D eigenvalue weighted by Gasteiger charge is -2.08. The van der Waals surface area contributed by atoms with Crippen LogP contribution in [0.15, 0.2) is 41.1 Å². The molecule has 1 aromatic heterocycles. The Balaban J connectivity index is 2.27. The number of hydrogen-bond donors (Lipinski definition) is 1. The van der Waals surface area contributed by atoms with Gasteiger partial charge in [-0.1, -0.05) is 23.2 Å². The van der Waals surface area contributed by atoms with Crippen molar-refractivity contribution in [1.29, 1.82) is 0 Å². The van der Waals surface area contributed by atoms with E-state index in [1.807, 2.05) is 12.1 Å². The monoisotopic (exact) mass is 316 g/mol. The molecule has 0 saturated carbocycles. The number of rotatable bonds is 2. The number of nitrogens with one attached hydrogen (secondary N) is 1. The number of nitrogens with zero attached hydrogens (tertiary/aromatic N) is 1. The molecule has 0 aliphatic carbocycles. The van der Waals surface area contributed by atoms with Crippen LogP contribution in [-0.4, -0.2) is 4.98 Å². The van der Waals surface area contributed by atoms with Crippen LogP contribution in [0.1, 0.15) is 0 Å². The molecule has 0 bridgehead atoms. The first-order valence-electron chi connectivity index (χ1n) is 4.48. The van der Waals surface area contributed by atoms with Crippen molar-refractivity contribution in [3.63, 3.8) is 0 Å². The summed E-state index contributed by atoms with van der Waals surface area (Å²) in [6.45, 7) is 0. The van der Waals surface area contributed by atoms with E-state index in [4.69, 9.17) is 23.2 Å². The van der Waals surface area contributed by atoms with Gasteiger partial charge in [-0.2, -0.15) is 0 Å². The second-order valence-electron chi connectivity index (χ2n) is 3.14. The molecular weight excluding hydrogens is 311 g/mol. The van der Waals surface area contributed by atoms with Gasteiger partial charge < -0.3 is 5.32 Å². The number of hydrogen-bond acceptors (Lipinski definition) is 2. The van der Waals surface area contributed by atoms with Gasteiger partial charge in [0.1, 0.15) is 0 Å². The predicted octanol–water partition coefficient (Wildman–Crippen LogP) is 4.89. The molecule has 0 amide bonds. The first-order chi connectivity index (χ1) is 7.65. The van der Waals surface area contributed by atoms with Crippen LogP contribution in [0.2, 0.25) is 10.0 Å². The molecule has 16 heavy (non-hydrogen) atoms. The lowest BCUT2D eigenvalue weighted by atomic mass is 10.3. The zero-order valence-corrected chi connectivity index (χ0v) is 11.1. The number of benzene rings is 1. The molecule has 0 unspecified atom stereocenters. The molecule has 0 fully saturated rings. The first-order valence-corrected chi connectivity index (χ1v) is 6.03. The van der Waals surface area contributed by atoms with Gasteiger partial charge in [-0.25, -0.2) is 0 Å². The summed E-state index contributed by atoms with van der Waals surface area (Å²) in [6.07, 6.45) is 3.43. The van der Waals surface area contributed by atoms with Gasteiger partial charge in [-0.15, -0.1) is 0 Å². The van der Waals surface area contributed by atoms with E-state index >= 15 is 0 Å². The zero-order valence-electron chi connectivity index (χ0n) is 8.05. The molecule has 2 rings (SSSR count). The van der Waals surface area contributed by atoms with Gasteiger partial charge in [0.25, 0.3) is 0 Å². The van der Waals surface area contributed by atoms with Crippen molar-refractivity contribution in [2.75, 3.05) is 5.32 Å². The van der Waals surface area contributed by atoms with Gasteiger partial charge >= 0.3 is 0 Å². The third kappa shape index (κ3) is 2.88. The number of anilines is 2. The summed E-state index contributed by atoms with van der Waals surface area (Å²) in [5, 5.41) is 4.35. The fourth-order valence-corrected chi connectivity index (χ4v) is 2.05. The van der Waals surface area contributed by atoms with Crippen LogP contribution in [0, 0.1) is 0 Å². The quantitative estimate of drug-likeness (QED) is 0.852. The predicted molar refractivity (Wildman–Crippen MR) is 71.7 cm³/mol. The van der Waals surface area contributed by atoms with Crippen molar-refractivity contribution in [1.82, 2.24) is 4.98 Å². The van der Waals surface area contributed by atoms with Crippen molar-refractivity contribution in [2.24, 2.45) is 0 Å². The molecule has 0 radical (unpaired) electrons. The molecule has 0 saturated heterocycles. The third-order valence-electron chi connectivity index (χ3n) is 1.92. The van der Waals surface area contributed by atoms with Crippen LogP contribution in [0.4, 0.5) is 11.4 Å². The highest BCUT2D eigenvalue weighted by Crippen LogP contribution is 2.28. The second-order valence-corrected chi connectivity index (χ2v) is 4.90. The number of aromatic nitrogens is 1. The Morgan fingerprint density at radius 2 is 1.94 bits per heavy atom. The molecule has 1 aromatic carbocycles. The Morgan fingerprint density at radius 3 is 2.62 bits per heavy atom. The summed E-state index contributed by atoms with van der Waals surface area (Å²) in [5.74, 6) is 0. The molecule has 0 aliphatic heterocycles. The van der Waals surface area contributed by atoms with Crippen LogP contribution < -0.4 is 5.32 Å². The van der Waals surface area contributed by atoms with E-state index in [2.05, 4.69) is 26.2 Å². The molecule has 0 atom stereocenters. The molecule has 82 valence electrons. The Bertz CT molecular complexity index is 517. The Labute approximate surface area is 112 Å². The van der Waals surface area contributed by atoms with E-state index in [1.165, 1.54) is 0 Å². The highest BCUT2D eigenvalue weighted by molar-refractivity contribution is 9.10. The summed E-state index contributed by atoms with van der Waals surface area (Å²) >= 11 is 15.2. The topological polar surface area (TPSA) is 24.9 Å². The minimum absolute atomic E-state index is 0.576. The highest BCUT2D eigenvalue weighted by Gasteiger charge is 2.02. The van der Waals surface area contributed by atoms with Crippen LogP contribution in [-0.2, 0) is 0 Å². The van der Waals surface area contributed by atoms with Crippen molar-refractivity contribution in [3.8, 4) is 0 Å². The Hall–Kier alpha value is -0.770. The van der Waals surface area contributed by atoms with Crippen molar-refractivity contribution >= 4 is 50.5 Å². The van der Waals surface area contributed by atoms with E-state index in [-0.39, 0.29) is 0 Å².